The van der Waals surface area contributed by atoms with Crippen molar-refractivity contribution < 1.29 is 0 Å². The van der Waals surface area contributed by atoms with Gasteiger partial charge in [0.15, 0.2) is 0 Å². The van der Waals surface area contributed by atoms with Crippen molar-refractivity contribution in [3.8, 4) is 0 Å². The maximum Gasteiger partial charge on any atom is 0.0542 e. The Morgan fingerprint density at radius 3 is 2.69 bits per heavy atom. The van der Waals surface area contributed by atoms with Gasteiger partial charge in [-0.05, 0) is 60.7 Å². The summed E-state index contributed by atoms with van der Waals surface area (Å²) in [6, 6.07) is 6.47. The van der Waals surface area contributed by atoms with Crippen molar-refractivity contribution in [2.45, 2.75) is 26.8 Å². The van der Waals surface area contributed by atoms with Crippen molar-refractivity contribution in [1.82, 2.24) is 5.32 Å². The molecule has 1 aromatic rings. The van der Waals surface area contributed by atoms with E-state index in [-0.39, 0.29) is 6.04 Å². The lowest BCUT2D eigenvalue weighted by Crippen LogP contribution is -2.19. The molecule has 1 atom stereocenters. The monoisotopic (exact) mass is 349 g/mol. The summed E-state index contributed by atoms with van der Waals surface area (Å²) in [6.07, 6.45) is 2.22. The fourth-order valence-electron chi connectivity index (χ4n) is 1.53. The Labute approximate surface area is 116 Å². The fourth-order valence-corrected chi connectivity index (χ4v) is 2.06. The molecule has 0 saturated heterocycles. The fraction of sp³-hybridized carbons (Fsp3) is 0.385. The van der Waals surface area contributed by atoms with Crippen molar-refractivity contribution in [3.05, 3.63) is 44.0 Å². The summed E-state index contributed by atoms with van der Waals surface area (Å²) in [7, 11) is 0. The van der Waals surface area contributed by atoms with E-state index >= 15 is 0 Å². The molecule has 0 spiro atoms. The van der Waals surface area contributed by atoms with Gasteiger partial charge in [0.05, 0.1) is 11.1 Å². The van der Waals surface area contributed by atoms with Crippen LogP contribution in [0.2, 0.25) is 5.02 Å². The van der Waals surface area contributed by atoms with Gasteiger partial charge in [-0.2, -0.15) is 0 Å². The minimum Gasteiger partial charge on any atom is -0.307 e. The SMILES string of the molecule is CCNC(C=C(C)C)c1ccc(I)c(Cl)c1. The first-order chi connectivity index (χ1) is 7.54. The Bertz CT molecular complexity index is 384. The molecule has 0 aliphatic heterocycles. The number of halogens is 2. The van der Waals surface area contributed by atoms with Gasteiger partial charge in [0, 0.05) is 3.57 Å². The number of benzene rings is 1. The molecule has 1 aromatic carbocycles. The molecule has 0 saturated carbocycles. The van der Waals surface area contributed by atoms with Crippen molar-refractivity contribution in [3.63, 3.8) is 0 Å². The predicted octanol–water partition coefficient (Wildman–Crippen LogP) is 4.56. The smallest absolute Gasteiger partial charge is 0.0542 e. The molecule has 88 valence electrons. The number of hydrogen-bond acceptors (Lipinski definition) is 1. The van der Waals surface area contributed by atoms with Crippen LogP contribution in [0.25, 0.3) is 0 Å². The zero-order valence-corrected chi connectivity index (χ0v) is 12.8. The van der Waals surface area contributed by atoms with Crippen molar-refractivity contribution in [2.24, 2.45) is 0 Å². The van der Waals surface area contributed by atoms with Gasteiger partial charge in [-0.25, -0.2) is 0 Å². The van der Waals surface area contributed by atoms with Crippen LogP contribution in [0.4, 0.5) is 0 Å². The maximum absolute atomic E-state index is 6.14. The number of rotatable bonds is 4. The summed E-state index contributed by atoms with van der Waals surface area (Å²) in [6.45, 7) is 7.27. The standard InChI is InChI=1S/C13H17ClIN/c1-4-16-13(7-9(2)3)10-5-6-12(15)11(14)8-10/h5-8,13,16H,4H2,1-3H3. The zero-order valence-electron chi connectivity index (χ0n) is 9.85. The van der Waals surface area contributed by atoms with Crippen LogP contribution in [-0.4, -0.2) is 6.54 Å². The minimum absolute atomic E-state index is 0.254. The van der Waals surface area contributed by atoms with Gasteiger partial charge in [0.1, 0.15) is 0 Å². The lowest BCUT2D eigenvalue weighted by atomic mass is 10.0. The first-order valence-corrected chi connectivity index (χ1v) is 6.83. The lowest BCUT2D eigenvalue weighted by Gasteiger charge is -2.15. The van der Waals surface area contributed by atoms with Crippen LogP contribution >= 0.6 is 34.2 Å². The van der Waals surface area contributed by atoms with Crippen LogP contribution in [0.5, 0.6) is 0 Å². The largest absolute Gasteiger partial charge is 0.307 e. The molecule has 16 heavy (non-hydrogen) atoms. The van der Waals surface area contributed by atoms with E-state index in [0.29, 0.717) is 0 Å². The first-order valence-electron chi connectivity index (χ1n) is 5.38. The molecular formula is C13H17ClIN. The number of hydrogen-bond donors (Lipinski definition) is 1. The van der Waals surface area contributed by atoms with E-state index in [1.165, 1.54) is 11.1 Å². The molecule has 0 fully saturated rings. The molecule has 0 heterocycles. The molecule has 0 bridgehead atoms. The average molecular weight is 350 g/mol. The van der Waals surface area contributed by atoms with E-state index < -0.39 is 0 Å². The summed E-state index contributed by atoms with van der Waals surface area (Å²) >= 11 is 8.38. The van der Waals surface area contributed by atoms with Crippen molar-refractivity contribution in [1.29, 1.82) is 0 Å². The predicted molar refractivity (Wildman–Crippen MR) is 80.0 cm³/mol. The minimum atomic E-state index is 0.254. The number of allylic oxidation sites excluding steroid dienone is 1. The van der Waals surface area contributed by atoms with Crippen LogP contribution in [0, 0.1) is 3.57 Å². The van der Waals surface area contributed by atoms with Gasteiger partial charge >= 0.3 is 0 Å². The van der Waals surface area contributed by atoms with E-state index in [1.54, 1.807) is 0 Å². The highest BCUT2D eigenvalue weighted by Crippen LogP contribution is 2.24. The number of nitrogens with one attached hydrogen (secondary N) is 1. The third kappa shape index (κ3) is 4.07. The summed E-state index contributed by atoms with van der Waals surface area (Å²) < 4.78 is 1.09. The third-order valence-electron chi connectivity index (χ3n) is 2.23. The Hall–Kier alpha value is -0.0600. The zero-order chi connectivity index (χ0) is 12.1. The molecule has 0 radical (unpaired) electrons. The Kier molecular flexibility index (Phi) is 5.79. The third-order valence-corrected chi connectivity index (χ3v) is 3.80. The topological polar surface area (TPSA) is 12.0 Å². The summed E-state index contributed by atoms with van der Waals surface area (Å²) in [5.74, 6) is 0. The highest BCUT2D eigenvalue weighted by atomic mass is 127. The second-order valence-corrected chi connectivity index (χ2v) is 5.52. The molecule has 1 rings (SSSR count). The quantitative estimate of drug-likeness (QED) is 0.620. The molecule has 0 amide bonds. The summed E-state index contributed by atoms with van der Waals surface area (Å²) in [4.78, 5) is 0. The van der Waals surface area contributed by atoms with E-state index in [2.05, 4.69) is 66.9 Å². The van der Waals surface area contributed by atoms with Gasteiger partial charge in [-0.15, -0.1) is 0 Å². The molecular weight excluding hydrogens is 333 g/mol. The Morgan fingerprint density at radius 1 is 1.50 bits per heavy atom. The normalized spacial score (nSPS) is 12.3. The maximum atomic E-state index is 6.14. The van der Waals surface area contributed by atoms with Crippen molar-refractivity contribution >= 4 is 34.2 Å². The average Bonchev–Trinajstić information content (AvgIpc) is 2.21. The van der Waals surface area contributed by atoms with Crippen LogP contribution in [-0.2, 0) is 0 Å². The second-order valence-electron chi connectivity index (χ2n) is 3.95. The molecule has 0 aromatic heterocycles. The van der Waals surface area contributed by atoms with Crippen LogP contribution in [0.15, 0.2) is 29.8 Å². The highest BCUT2D eigenvalue weighted by molar-refractivity contribution is 14.1. The highest BCUT2D eigenvalue weighted by Gasteiger charge is 2.08. The van der Waals surface area contributed by atoms with Gasteiger partial charge in [-0.1, -0.05) is 36.2 Å². The molecule has 3 heteroatoms. The number of likely N-dealkylation sites (N-methyl/N-ethyl adjacent to an activating group) is 1. The molecule has 1 unspecified atom stereocenters. The summed E-state index contributed by atoms with van der Waals surface area (Å²) in [5.41, 5.74) is 2.52. The molecule has 0 aliphatic carbocycles. The van der Waals surface area contributed by atoms with E-state index in [1.807, 2.05) is 6.07 Å². The molecule has 0 aliphatic rings. The molecule has 1 nitrogen and oxygen atoms in total. The van der Waals surface area contributed by atoms with E-state index in [4.69, 9.17) is 11.6 Å². The van der Waals surface area contributed by atoms with E-state index in [9.17, 15) is 0 Å². The van der Waals surface area contributed by atoms with Gasteiger partial charge in [0.2, 0.25) is 0 Å². The summed E-state index contributed by atoms with van der Waals surface area (Å²) in [5, 5.41) is 4.26. The molecule has 1 N–H and O–H groups in total. The lowest BCUT2D eigenvalue weighted by molar-refractivity contribution is 0.644. The first kappa shape index (κ1) is 14.0. The van der Waals surface area contributed by atoms with Crippen LogP contribution < -0.4 is 5.32 Å². The Morgan fingerprint density at radius 2 is 2.19 bits per heavy atom. The van der Waals surface area contributed by atoms with Gasteiger partial charge in [0.25, 0.3) is 0 Å². The van der Waals surface area contributed by atoms with Gasteiger partial charge < -0.3 is 5.32 Å². The second kappa shape index (κ2) is 6.62. The van der Waals surface area contributed by atoms with E-state index in [0.717, 1.165) is 15.1 Å². The van der Waals surface area contributed by atoms with Crippen LogP contribution in [0.1, 0.15) is 32.4 Å². The Balaban J connectivity index is 3.01. The van der Waals surface area contributed by atoms with Crippen LogP contribution in [0.3, 0.4) is 0 Å². The van der Waals surface area contributed by atoms with Crippen molar-refractivity contribution in [2.75, 3.05) is 6.54 Å². The van der Waals surface area contributed by atoms with Gasteiger partial charge in [-0.3, -0.25) is 0 Å².